The highest BCUT2D eigenvalue weighted by Crippen LogP contribution is 2.48. The Morgan fingerprint density at radius 3 is 2.50 bits per heavy atom. The lowest BCUT2D eigenvalue weighted by Crippen LogP contribution is -2.37. The van der Waals surface area contributed by atoms with E-state index in [-0.39, 0.29) is 24.1 Å². The Kier molecular flexibility index (Phi) is 4.07. The molecule has 1 atom stereocenters. The summed E-state index contributed by atoms with van der Waals surface area (Å²) in [5.74, 6) is 0.670. The van der Waals surface area contributed by atoms with Crippen molar-refractivity contribution in [3.8, 4) is 11.5 Å². The molecular weight excluding hydrogens is 348 g/mol. The standard InChI is InChI=1S/C21H20O4S/c1-21(2)11-16(22)14-8-9-17-19(20(14)25-21)15(10-18(23)24-17)12-4-6-13(26-3)7-5-12/h4-9,15H,10-11H2,1-3H3/t15-/m0/s1. The van der Waals surface area contributed by atoms with Gasteiger partial charge in [-0.3, -0.25) is 9.59 Å². The molecule has 0 saturated carbocycles. The number of Topliss-reactive ketones (excluding diaryl/α,β-unsaturated/α-hetero) is 1. The topological polar surface area (TPSA) is 52.6 Å². The molecule has 5 heteroatoms. The quantitative estimate of drug-likeness (QED) is 0.441. The molecule has 0 fully saturated rings. The van der Waals surface area contributed by atoms with Crippen LogP contribution in [-0.2, 0) is 4.79 Å². The minimum atomic E-state index is -0.575. The van der Waals surface area contributed by atoms with Crippen molar-refractivity contribution < 1.29 is 19.1 Å². The van der Waals surface area contributed by atoms with Gasteiger partial charge in [-0.2, -0.15) is 0 Å². The van der Waals surface area contributed by atoms with Gasteiger partial charge in [0.2, 0.25) is 0 Å². The van der Waals surface area contributed by atoms with E-state index in [0.29, 0.717) is 23.5 Å². The van der Waals surface area contributed by atoms with Gasteiger partial charge in [0.1, 0.15) is 17.1 Å². The maximum Gasteiger partial charge on any atom is 0.312 e. The summed E-state index contributed by atoms with van der Waals surface area (Å²) in [7, 11) is 0. The normalized spacial score (nSPS) is 20.7. The molecule has 0 radical (unpaired) electrons. The molecule has 0 aromatic heterocycles. The SMILES string of the molecule is CSc1ccc([C@@H]2CC(=O)Oc3ccc4c(c32)OC(C)(C)CC4=O)cc1. The lowest BCUT2D eigenvalue weighted by molar-refractivity contribution is -0.135. The van der Waals surface area contributed by atoms with Gasteiger partial charge in [-0.1, -0.05) is 12.1 Å². The monoisotopic (exact) mass is 368 g/mol. The van der Waals surface area contributed by atoms with Gasteiger partial charge in [-0.05, 0) is 49.9 Å². The molecule has 2 aliphatic rings. The zero-order valence-electron chi connectivity index (χ0n) is 15.0. The lowest BCUT2D eigenvalue weighted by atomic mass is 9.82. The summed E-state index contributed by atoms with van der Waals surface area (Å²) in [5.41, 5.74) is 1.83. The maximum atomic E-state index is 12.6. The minimum Gasteiger partial charge on any atom is -0.486 e. The summed E-state index contributed by atoms with van der Waals surface area (Å²) < 4.78 is 11.7. The van der Waals surface area contributed by atoms with E-state index in [1.54, 1.807) is 23.9 Å². The number of carbonyl (C=O) groups excluding carboxylic acids is 2. The van der Waals surface area contributed by atoms with Crippen LogP contribution in [0.5, 0.6) is 11.5 Å². The number of carbonyl (C=O) groups is 2. The van der Waals surface area contributed by atoms with Crippen molar-refractivity contribution in [2.45, 2.75) is 43.1 Å². The first kappa shape index (κ1) is 17.2. The van der Waals surface area contributed by atoms with Crippen LogP contribution in [0.15, 0.2) is 41.3 Å². The molecule has 26 heavy (non-hydrogen) atoms. The smallest absolute Gasteiger partial charge is 0.312 e. The first-order valence-electron chi connectivity index (χ1n) is 8.62. The van der Waals surface area contributed by atoms with E-state index in [2.05, 4.69) is 0 Å². The summed E-state index contributed by atoms with van der Waals surface area (Å²) in [4.78, 5) is 25.9. The third-order valence-electron chi connectivity index (χ3n) is 4.88. The third-order valence-corrected chi connectivity index (χ3v) is 5.63. The van der Waals surface area contributed by atoms with Crippen LogP contribution in [-0.4, -0.2) is 23.6 Å². The largest absolute Gasteiger partial charge is 0.486 e. The number of ketones is 1. The molecule has 0 spiro atoms. The fourth-order valence-corrected chi connectivity index (χ4v) is 4.09. The average Bonchev–Trinajstić information content (AvgIpc) is 2.59. The van der Waals surface area contributed by atoms with Gasteiger partial charge in [0.15, 0.2) is 5.78 Å². The molecule has 0 saturated heterocycles. The molecule has 2 heterocycles. The van der Waals surface area contributed by atoms with Crippen molar-refractivity contribution in [3.63, 3.8) is 0 Å². The Labute approximate surface area is 156 Å². The zero-order chi connectivity index (χ0) is 18.5. The van der Waals surface area contributed by atoms with Crippen LogP contribution in [0.3, 0.4) is 0 Å². The summed E-state index contributed by atoms with van der Waals surface area (Å²) in [6.07, 6.45) is 2.60. The second kappa shape index (κ2) is 6.16. The first-order chi connectivity index (χ1) is 12.4. The van der Waals surface area contributed by atoms with Crippen LogP contribution in [0.25, 0.3) is 0 Å². The number of hydrogen-bond donors (Lipinski definition) is 0. The van der Waals surface area contributed by atoms with E-state index in [9.17, 15) is 9.59 Å². The number of fused-ring (bicyclic) bond motifs is 3. The number of esters is 1. The molecule has 2 aromatic rings. The van der Waals surface area contributed by atoms with E-state index in [4.69, 9.17) is 9.47 Å². The van der Waals surface area contributed by atoms with Gasteiger partial charge in [0.05, 0.1) is 18.4 Å². The zero-order valence-corrected chi connectivity index (χ0v) is 15.8. The molecule has 0 amide bonds. The highest BCUT2D eigenvalue weighted by Gasteiger charge is 2.39. The van der Waals surface area contributed by atoms with Crippen molar-refractivity contribution in [3.05, 3.63) is 53.1 Å². The molecule has 0 N–H and O–H groups in total. The van der Waals surface area contributed by atoms with E-state index in [1.807, 2.05) is 44.4 Å². The molecule has 2 aromatic carbocycles. The molecule has 0 aliphatic carbocycles. The summed E-state index contributed by atoms with van der Waals surface area (Å²) >= 11 is 1.67. The van der Waals surface area contributed by atoms with Crippen LogP contribution >= 0.6 is 11.8 Å². The Hall–Kier alpha value is -2.27. The van der Waals surface area contributed by atoms with E-state index in [1.165, 1.54) is 0 Å². The van der Waals surface area contributed by atoms with Gasteiger partial charge in [-0.25, -0.2) is 0 Å². The minimum absolute atomic E-state index is 0.0624. The summed E-state index contributed by atoms with van der Waals surface area (Å²) in [5, 5.41) is 0. The number of ether oxygens (including phenoxy) is 2. The first-order valence-corrected chi connectivity index (χ1v) is 9.84. The Balaban J connectivity index is 1.88. The second-order valence-electron chi connectivity index (χ2n) is 7.32. The Morgan fingerprint density at radius 2 is 1.81 bits per heavy atom. The highest BCUT2D eigenvalue weighted by molar-refractivity contribution is 7.98. The van der Waals surface area contributed by atoms with Crippen molar-refractivity contribution >= 4 is 23.5 Å². The van der Waals surface area contributed by atoms with Crippen LogP contribution in [0.1, 0.15) is 54.1 Å². The van der Waals surface area contributed by atoms with Crippen molar-refractivity contribution in [1.82, 2.24) is 0 Å². The van der Waals surface area contributed by atoms with Crippen molar-refractivity contribution in [2.24, 2.45) is 0 Å². The number of thioether (sulfide) groups is 1. The van der Waals surface area contributed by atoms with Crippen LogP contribution in [0.2, 0.25) is 0 Å². The van der Waals surface area contributed by atoms with Crippen LogP contribution < -0.4 is 9.47 Å². The maximum absolute atomic E-state index is 12.6. The molecular formula is C21H20O4S. The number of hydrogen-bond acceptors (Lipinski definition) is 5. The summed E-state index contributed by atoms with van der Waals surface area (Å²) in [6.45, 7) is 3.81. The van der Waals surface area contributed by atoms with Gasteiger partial charge >= 0.3 is 5.97 Å². The van der Waals surface area contributed by atoms with Crippen LogP contribution in [0.4, 0.5) is 0 Å². The fourth-order valence-electron chi connectivity index (χ4n) is 3.68. The average molecular weight is 368 g/mol. The van der Waals surface area contributed by atoms with E-state index < -0.39 is 5.60 Å². The van der Waals surface area contributed by atoms with Gasteiger partial charge < -0.3 is 9.47 Å². The molecule has 0 unspecified atom stereocenters. The highest BCUT2D eigenvalue weighted by atomic mass is 32.2. The lowest BCUT2D eigenvalue weighted by Gasteiger charge is -2.36. The molecule has 134 valence electrons. The van der Waals surface area contributed by atoms with E-state index in [0.717, 1.165) is 16.0 Å². The molecule has 0 bridgehead atoms. The predicted octanol–water partition coefficient (Wildman–Crippen LogP) is 4.59. The number of benzene rings is 2. The third kappa shape index (κ3) is 2.90. The number of rotatable bonds is 2. The van der Waals surface area contributed by atoms with Gasteiger partial charge in [0.25, 0.3) is 0 Å². The predicted molar refractivity (Wildman–Crippen MR) is 100 cm³/mol. The van der Waals surface area contributed by atoms with Crippen molar-refractivity contribution in [2.75, 3.05) is 6.26 Å². The van der Waals surface area contributed by atoms with Gasteiger partial charge in [0, 0.05) is 16.4 Å². The van der Waals surface area contributed by atoms with Crippen molar-refractivity contribution in [1.29, 1.82) is 0 Å². The molecule has 4 rings (SSSR count). The van der Waals surface area contributed by atoms with Crippen LogP contribution in [0, 0.1) is 0 Å². The molecule has 2 aliphatic heterocycles. The molecule has 4 nitrogen and oxygen atoms in total. The van der Waals surface area contributed by atoms with Gasteiger partial charge in [-0.15, -0.1) is 11.8 Å². The fraction of sp³-hybridized carbons (Fsp3) is 0.333. The van der Waals surface area contributed by atoms with E-state index >= 15 is 0 Å². The Morgan fingerprint density at radius 1 is 1.08 bits per heavy atom. The summed E-state index contributed by atoms with van der Waals surface area (Å²) in [6, 6.07) is 11.6. The Bertz CT molecular complexity index is 899. The second-order valence-corrected chi connectivity index (χ2v) is 8.20.